The van der Waals surface area contributed by atoms with Gasteiger partial charge in [0.2, 0.25) is 5.91 Å². The summed E-state index contributed by atoms with van der Waals surface area (Å²) in [5.74, 6) is 0.0586. The fourth-order valence-corrected chi connectivity index (χ4v) is 2.99. The zero-order chi connectivity index (χ0) is 20.2. The van der Waals surface area contributed by atoms with Crippen molar-refractivity contribution in [2.24, 2.45) is 11.8 Å². The summed E-state index contributed by atoms with van der Waals surface area (Å²) >= 11 is 0. The summed E-state index contributed by atoms with van der Waals surface area (Å²) in [7, 11) is 0. The van der Waals surface area contributed by atoms with Gasteiger partial charge in [0, 0.05) is 19.0 Å². The molecule has 2 N–H and O–H groups in total. The van der Waals surface area contributed by atoms with Crippen LogP contribution in [0.1, 0.15) is 53.0 Å². The number of aromatic hydroxyl groups is 1. The lowest BCUT2D eigenvalue weighted by Gasteiger charge is -2.31. The van der Waals surface area contributed by atoms with E-state index in [1.165, 1.54) is 0 Å². The lowest BCUT2D eigenvalue weighted by Crippen LogP contribution is -2.42. The van der Waals surface area contributed by atoms with Crippen molar-refractivity contribution in [1.29, 1.82) is 0 Å². The zero-order valence-corrected chi connectivity index (χ0v) is 17.0. The Morgan fingerprint density at radius 2 is 1.89 bits per heavy atom. The number of carbonyl (C=O) groups is 2. The zero-order valence-electron chi connectivity index (χ0n) is 17.0. The molecule has 0 atom stereocenters. The van der Waals surface area contributed by atoms with Crippen molar-refractivity contribution in [2.75, 3.05) is 25.0 Å². The number of carbonyl (C=O) groups excluding carboxylic acids is 2. The van der Waals surface area contributed by atoms with Crippen LogP contribution in [0.2, 0.25) is 0 Å². The first kappa shape index (κ1) is 21.1. The molecule has 0 bridgehead atoms. The maximum atomic E-state index is 12.6. The summed E-state index contributed by atoms with van der Waals surface area (Å²) in [5.41, 5.74) is 1.40. The largest absolute Gasteiger partial charge is 0.506 e. The minimum absolute atomic E-state index is 0.0612. The first-order chi connectivity index (χ1) is 12.6. The van der Waals surface area contributed by atoms with Crippen LogP contribution in [0.3, 0.4) is 0 Å². The maximum absolute atomic E-state index is 12.6. The molecule has 150 valence electrons. The highest BCUT2D eigenvalue weighted by Gasteiger charge is 2.28. The minimum atomic E-state index is -0.307. The average molecular weight is 376 g/mol. The number of piperidine rings is 1. The third kappa shape index (κ3) is 5.88. The van der Waals surface area contributed by atoms with Gasteiger partial charge in [0.25, 0.3) is 0 Å². The molecule has 1 aromatic rings. The highest BCUT2D eigenvalue weighted by atomic mass is 16.6. The van der Waals surface area contributed by atoms with Gasteiger partial charge in [-0.2, -0.15) is 0 Å². The summed E-state index contributed by atoms with van der Waals surface area (Å²) in [4.78, 5) is 26.3. The number of benzene rings is 1. The summed E-state index contributed by atoms with van der Waals surface area (Å²) in [6, 6.07) is 5.31. The quantitative estimate of drug-likeness (QED) is 0.774. The van der Waals surface area contributed by atoms with Crippen LogP contribution in [0.4, 0.5) is 10.5 Å². The summed E-state index contributed by atoms with van der Waals surface area (Å²) in [5, 5.41) is 12.9. The van der Waals surface area contributed by atoms with E-state index in [0.29, 0.717) is 44.1 Å². The number of anilines is 1. The first-order valence-electron chi connectivity index (χ1n) is 9.64. The fourth-order valence-electron chi connectivity index (χ4n) is 2.99. The minimum Gasteiger partial charge on any atom is -0.506 e. The smallest absolute Gasteiger partial charge is 0.409 e. The Balaban J connectivity index is 1.92. The van der Waals surface area contributed by atoms with Gasteiger partial charge in [-0.1, -0.05) is 40.7 Å². The molecule has 1 aliphatic rings. The van der Waals surface area contributed by atoms with Crippen LogP contribution in [0, 0.1) is 11.8 Å². The molecule has 27 heavy (non-hydrogen) atoms. The number of likely N-dealkylation sites (tertiary alicyclic amines) is 1. The molecule has 6 nitrogen and oxygen atoms in total. The molecule has 2 rings (SSSR count). The van der Waals surface area contributed by atoms with Crippen molar-refractivity contribution in [3.05, 3.63) is 23.8 Å². The SMILES string of the molecule is CC(C)COC(=O)N1CCC(C(=O)Nc2cc(C(C)(C)C)ccc2O)CC1. The van der Waals surface area contributed by atoms with Crippen molar-refractivity contribution < 1.29 is 19.4 Å². The van der Waals surface area contributed by atoms with Gasteiger partial charge in [0.15, 0.2) is 0 Å². The second-order valence-corrected chi connectivity index (χ2v) is 8.70. The lowest BCUT2D eigenvalue weighted by molar-refractivity contribution is -0.121. The highest BCUT2D eigenvalue weighted by Crippen LogP contribution is 2.31. The normalized spacial score (nSPS) is 15.7. The van der Waals surface area contributed by atoms with Crippen LogP contribution in [0.15, 0.2) is 18.2 Å². The molecule has 6 heteroatoms. The number of rotatable bonds is 4. The lowest BCUT2D eigenvalue weighted by atomic mass is 9.86. The van der Waals surface area contributed by atoms with Crippen LogP contribution < -0.4 is 5.32 Å². The summed E-state index contributed by atoms with van der Waals surface area (Å²) < 4.78 is 5.25. The number of nitrogens with one attached hydrogen (secondary N) is 1. The average Bonchev–Trinajstić information content (AvgIpc) is 2.60. The van der Waals surface area contributed by atoms with Crippen LogP contribution in [-0.2, 0) is 14.9 Å². The van der Waals surface area contributed by atoms with Crippen LogP contribution in [-0.4, -0.2) is 41.7 Å². The molecule has 0 aromatic heterocycles. The molecule has 1 fully saturated rings. The fraction of sp³-hybridized carbons (Fsp3) is 0.619. The topological polar surface area (TPSA) is 78.9 Å². The van der Waals surface area contributed by atoms with Gasteiger partial charge in [0.05, 0.1) is 12.3 Å². The van der Waals surface area contributed by atoms with Crippen molar-refractivity contribution in [1.82, 2.24) is 4.90 Å². The first-order valence-corrected chi connectivity index (χ1v) is 9.64. The van der Waals surface area contributed by atoms with E-state index in [4.69, 9.17) is 4.74 Å². The third-order valence-electron chi connectivity index (χ3n) is 4.78. The number of phenols is 1. The molecular weight excluding hydrogens is 344 g/mol. The molecule has 1 heterocycles. The number of ether oxygens (including phenoxy) is 1. The number of nitrogens with zero attached hydrogens (tertiary/aromatic N) is 1. The van der Waals surface area contributed by atoms with Gasteiger partial charge in [-0.05, 0) is 41.9 Å². The van der Waals surface area contributed by atoms with E-state index >= 15 is 0 Å². The number of phenolic OH excluding ortho intramolecular Hbond substituents is 1. The van der Waals surface area contributed by atoms with Gasteiger partial charge >= 0.3 is 6.09 Å². The molecule has 0 spiro atoms. The molecule has 0 saturated carbocycles. The van der Waals surface area contributed by atoms with Crippen LogP contribution in [0.25, 0.3) is 0 Å². The van der Waals surface area contributed by atoms with Gasteiger partial charge in [-0.3, -0.25) is 4.79 Å². The summed E-state index contributed by atoms with van der Waals surface area (Å²) in [6.07, 6.45) is 0.864. The molecular formula is C21H32N2O4. The Hall–Kier alpha value is -2.24. The number of amides is 2. The predicted octanol–water partition coefficient (Wildman–Crippen LogP) is 4.13. The van der Waals surface area contributed by atoms with E-state index in [9.17, 15) is 14.7 Å². The molecule has 0 unspecified atom stereocenters. The second kappa shape index (κ2) is 8.63. The Kier molecular flexibility index (Phi) is 6.73. The second-order valence-electron chi connectivity index (χ2n) is 8.70. The Bertz CT molecular complexity index is 671. The van der Waals surface area contributed by atoms with Gasteiger partial charge < -0.3 is 20.1 Å². The van der Waals surface area contributed by atoms with E-state index in [0.717, 1.165) is 5.56 Å². The van der Waals surface area contributed by atoms with E-state index in [1.54, 1.807) is 11.0 Å². The Morgan fingerprint density at radius 1 is 1.26 bits per heavy atom. The van der Waals surface area contributed by atoms with Crippen LogP contribution >= 0.6 is 0 Å². The van der Waals surface area contributed by atoms with Crippen molar-refractivity contribution in [2.45, 2.75) is 52.9 Å². The Labute approximate surface area is 161 Å². The van der Waals surface area contributed by atoms with Gasteiger partial charge in [0.1, 0.15) is 5.75 Å². The standard InChI is InChI=1S/C21H32N2O4/c1-14(2)13-27-20(26)23-10-8-15(9-11-23)19(25)22-17-12-16(21(3,4)5)6-7-18(17)24/h6-7,12,14-15,24H,8-11,13H2,1-5H3,(H,22,25). The van der Waals surface area contributed by atoms with Gasteiger partial charge in [-0.15, -0.1) is 0 Å². The Morgan fingerprint density at radius 3 is 2.44 bits per heavy atom. The van der Waals surface area contributed by atoms with Crippen LogP contribution in [0.5, 0.6) is 5.75 Å². The molecule has 1 aromatic carbocycles. The number of hydrogen-bond acceptors (Lipinski definition) is 4. The van der Waals surface area contributed by atoms with Crippen molar-refractivity contribution >= 4 is 17.7 Å². The monoisotopic (exact) mass is 376 g/mol. The van der Waals surface area contributed by atoms with E-state index in [1.807, 2.05) is 26.0 Å². The van der Waals surface area contributed by atoms with Crippen molar-refractivity contribution in [3.63, 3.8) is 0 Å². The predicted molar refractivity (Wildman–Crippen MR) is 106 cm³/mol. The highest BCUT2D eigenvalue weighted by molar-refractivity contribution is 5.94. The summed E-state index contributed by atoms with van der Waals surface area (Å²) in [6.45, 7) is 11.6. The van der Waals surface area contributed by atoms with E-state index in [2.05, 4.69) is 26.1 Å². The van der Waals surface area contributed by atoms with E-state index < -0.39 is 0 Å². The maximum Gasteiger partial charge on any atom is 0.409 e. The van der Waals surface area contributed by atoms with Gasteiger partial charge in [-0.25, -0.2) is 4.79 Å². The number of hydrogen-bond donors (Lipinski definition) is 2. The third-order valence-corrected chi connectivity index (χ3v) is 4.78. The van der Waals surface area contributed by atoms with E-state index in [-0.39, 0.29) is 29.1 Å². The molecule has 0 radical (unpaired) electrons. The molecule has 0 aliphatic carbocycles. The van der Waals surface area contributed by atoms with Crippen molar-refractivity contribution in [3.8, 4) is 5.75 Å². The molecule has 1 saturated heterocycles. The molecule has 2 amide bonds. The molecule has 1 aliphatic heterocycles.